The summed E-state index contributed by atoms with van der Waals surface area (Å²) in [4.78, 5) is 22.3. The van der Waals surface area contributed by atoms with Crippen LogP contribution in [0.2, 0.25) is 0 Å². The Morgan fingerprint density at radius 2 is 2.11 bits per heavy atom. The number of rotatable bonds is 6. The number of nitrogens with two attached hydrogens (primary N) is 1. The van der Waals surface area contributed by atoms with Gasteiger partial charge in [-0.2, -0.15) is 0 Å². The quantitative estimate of drug-likeness (QED) is 0.656. The van der Waals surface area contributed by atoms with Crippen LogP contribution in [0.3, 0.4) is 0 Å². The lowest BCUT2D eigenvalue weighted by molar-refractivity contribution is 0.0450. The van der Waals surface area contributed by atoms with E-state index in [0.717, 1.165) is 36.9 Å². The van der Waals surface area contributed by atoms with E-state index in [2.05, 4.69) is 6.92 Å². The monoisotopic (exact) mass is 382 g/mol. The molecule has 2 atom stereocenters. The molecule has 1 aliphatic heterocycles. The zero-order chi connectivity index (χ0) is 19.7. The van der Waals surface area contributed by atoms with Crippen molar-refractivity contribution in [1.82, 2.24) is 14.5 Å². The van der Waals surface area contributed by atoms with Gasteiger partial charge in [-0.1, -0.05) is 32.4 Å². The van der Waals surface area contributed by atoms with Crippen molar-refractivity contribution < 1.29 is 14.3 Å². The highest BCUT2D eigenvalue weighted by atomic mass is 16.5. The van der Waals surface area contributed by atoms with Crippen molar-refractivity contribution in [3.05, 3.63) is 29.8 Å². The summed E-state index contributed by atoms with van der Waals surface area (Å²) in [6, 6.07) is 7.60. The average Bonchev–Trinajstić information content (AvgIpc) is 3.31. The SMILES string of the molecule is CC[C@@H](C)COC(=O)c1c(N)n(C[C@@H]2CCCO2)c2nc3ccccc3nc12. The van der Waals surface area contributed by atoms with Gasteiger partial charge in [0.15, 0.2) is 5.65 Å². The third kappa shape index (κ3) is 3.42. The van der Waals surface area contributed by atoms with Gasteiger partial charge in [0, 0.05) is 6.61 Å². The van der Waals surface area contributed by atoms with Crippen LogP contribution >= 0.6 is 0 Å². The second-order valence-corrected chi connectivity index (χ2v) is 7.50. The summed E-state index contributed by atoms with van der Waals surface area (Å²) in [5.41, 5.74) is 9.30. The fourth-order valence-electron chi connectivity index (χ4n) is 3.50. The number of fused-ring (bicyclic) bond motifs is 2. The molecule has 1 aliphatic rings. The van der Waals surface area contributed by atoms with E-state index in [1.54, 1.807) is 0 Å². The number of anilines is 1. The van der Waals surface area contributed by atoms with Gasteiger partial charge in [0.2, 0.25) is 0 Å². The Morgan fingerprint density at radius 1 is 1.36 bits per heavy atom. The van der Waals surface area contributed by atoms with Gasteiger partial charge in [0.25, 0.3) is 0 Å². The molecule has 0 bridgehead atoms. The van der Waals surface area contributed by atoms with Crippen molar-refractivity contribution in [2.45, 2.75) is 45.8 Å². The second-order valence-electron chi connectivity index (χ2n) is 7.50. The van der Waals surface area contributed by atoms with E-state index in [-0.39, 0.29) is 12.0 Å². The molecule has 0 unspecified atom stereocenters. The molecule has 2 aromatic heterocycles. The van der Waals surface area contributed by atoms with E-state index < -0.39 is 5.97 Å². The van der Waals surface area contributed by atoms with E-state index in [1.165, 1.54) is 0 Å². The van der Waals surface area contributed by atoms with Crippen LogP contribution in [0.15, 0.2) is 24.3 Å². The number of nitrogen functional groups attached to an aromatic ring is 1. The molecule has 1 saturated heterocycles. The molecule has 28 heavy (non-hydrogen) atoms. The van der Waals surface area contributed by atoms with E-state index in [1.807, 2.05) is 35.8 Å². The molecule has 0 radical (unpaired) electrons. The fourth-order valence-corrected chi connectivity index (χ4v) is 3.50. The molecule has 2 N–H and O–H groups in total. The number of ether oxygens (including phenoxy) is 2. The first-order valence-corrected chi connectivity index (χ1v) is 9.91. The van der Waals surface area contributed by atoms with E-state index in [0.29, 0.717) is 35.7 Å². The molecule has 7 nitrogen and oxygen atoms in total. The van der Waals surface area contributed by atoms with Crippen LogP contribution in [0.4, 0.5) is 5.82 Å². The summed E-state index contributed by atoms with van der Waals surface area (Å²) in [5, 5.41) is 0. The number of hydrogen-bond donors (Lipinski definition) is 1. The van der Waals surface area contributed by atoms with Gasteiger partial charge in [-0.05, 0) is 30.9 Å². The Bertz CT molecular complexity index is 1010. The normalized spacial score (nSPS) is 18.0. The lowest BCUT2D eigenvalue weighted by Gasteiger charge is -2.13. The number of carbonyl (C=O) groups is 1. The Morgan fingerprint density at radius 3 is 2.79 bits per heavy atom. The standard InChI is InChI=1S/C21H26N4O3/c1-3-13(2)12-28-21(26)17-18-20(24-16-9-5-4-8-15(16)23-18)25(19(17)22)11-14-7-6-10-27-14/h4-5,8-9,13-14H,3,6-7,10-12,22H2,1-2H3/t13-,14+/m1/s1. The second kappa shape index (κ2) is 7.75. The molecule has 0 aliphatic carbocycles. The topological polar surface area (TPSA) is 92.3 Å². The van der Waals surface area contributed by atoms with Crippen molar-refractivity contribution in [2.24, 2.45) is 5.92 Å². The number of nitrogens with zero attached hydrogens (tertiary/aromatic N) is 3. The van der Waals surface area contributed by atoms with E-state index >= 15 is 0 Å². The lowest BCUT2D eigenvalue weighted by Crippen LogP contribution is -2.18. The highest BCUT2D eigenvalue weighted by Gasteiger charge is 2.27. The maximum atomic E-state index is 12.9. The van der Waals surface area contributed by atoms with Crippen molar-refractivity contribution in [1.29, 1.82) is 0 Å². The van der Waals surface area contributed by atoms with Crippen molar-refractivity contribution >= 4 is 34.0 Å². The van der Waals surface area contributed by atoms with Crippen LogP contribution in [0.1, 0.15) is 43.5 Å². The molecule has 3 heterocycles. The van der Waals surface area contributed by atoms with Gasteiger partial charge >= 0.3 is 5.97 Å². The highest BCUT2D eigenvalue weighted by molar-refractivity contribution is 6.08. The Labute approximate surface area is 163 Å². The Kier molecular flexibility index (Phi) is 5.17. The third-order valence-corrected chi connectivity index (χ3v) is 5.40. The molecule has 0 saturated carbocycles. The minimum atomic E-state index is -0.446. The molecular weight excluding hydrogens is 356 g/mol. The molecule has 1 aromatic carbocycles. The van der Waals surface area contributed by atoms with Crippen LogP contribution < -0.4 is 5.73 Å². The minimum absolute atomic E-state index is 0.0650. The number of esters is 1. The average molecular weight is 382 g/mol. The van der Waals surface area contributed by atoms with Crippen LogP contribution in [-0.2, 0) is 16.0 Å². The Balaban J connectivity index is 1.81. The largest absolute Gasteiger partial charge is 0.462 e. The van der Waals surface area contributed by atoms with Gasteiger partial charge in [-0.25, -0.2) is 14.8 Å². The summed E-state index contributed by atoms with van der Waals surface area (Å²) in [6.45, 7) is 5.77. The smallest absolute Gasteiger partial charge is 0.344 e. The maximum absolute atomic E-state index is 12.9. The van der Waals surface area contributed by atoms with Gasteiger partial charge in [-0.3, -0.25) is 0 Å². The summed E-state index contributed by atoms with van der Waals surface area (Å²) in [7, 11) is 0. The van der Waals surface area contributed by atoms with Gasteiger partial charge in [-0.15, -0.1) is 0 Å². The number of aromatic nitrogens is 3. The predicted octanol–water partition coefficient (Wildman–Crippen LogP) is 3.55. The van der Waals surface area contributed by atoms with E-state index in [9.17, 15) is 4.79 Å². The molecular formula is C21H26N4O3. The summed E-state index contributed by atoms with van der Waals surface area (Å²) >= 11 is 0. The predicted molar refractivity (Wildman–Crippen MR) is 108 cm³/mol. The lowest BCUT2D eigenvalue weighted by atomic mass is 10.1. The fraction of sp³-hybridized carbons (Fsp3) is 0.476. The summed E-state index contributed by atoms with van der Waals surface area (Å²) < 4.78 is 13.2. The molecule has 3 aromatic rings. The first-order chi connectivity index (χ1) is 13.6. The molecule has 1 fully saturated rings. The van der Waals surface area contributed by atoms with E-state index in [4.69, 9.17) is 25.2 Å². The first kappa shape index (κ1) is 18.7. The zero-order valence-electron chi connectivity index (χ0n) is 16.4. The molecule has 7 heteroatoms. The zero-order valence-corrected chi connectivity index (χ0v) is 16.4. The van der Waals surface area contributed by atoms with Crippen LogP contribution in [0, 0.1) is 5.92 Å². The minimum Gasteiger partial charge on any atom is -0.462 e. The maximum Gasteiger partial charge on any atom is 0.344 e. The van der Waals surface area contributed by atoms with Gasteiger partial charge < -0.3 is 19.8 Å². The number of carbonyl (C=O) groups excluding carboxylic acids is 1. The number of para-hydroxylation sites is 2. The molecule has 4 rings (SSSR count). The van der Waals surface area contributed by atoms with Crippen LogP contribution in [0.25, 0.3) is 22.2 Å². The molecule has 0 amide bonds. The third-order valence-electron chi connectivity index (χ3n) is 5.40. The highest BCUT2D eigenvalue weighted by Crippen LogP contribution is 2.30. The molecule has 0 spiro atoms. The number of hydrogen-bond acceptors (Lipinski definition) is 6. The molecule has 148 valence electrons. The first-order valence-electron chi connectivity index (χ1n) is 9.91. The van der Waals surface area contributed by atoms with Crippen LogP contribution in [0.5, 0.6) is 0 Å². The van der Waals surface area contributed by atoms with Crippen molar-refractivity contribution in [3.8, 4) is 0 Å². The van der Waals surface area contributed by atoms with Crippen molar-refractivity contribution in [2.75, 3.05) is 18.9 Å². The van der Waals surface area contributed by atoms with Crippen LogP contribution in [-0.4, -0.2) is 39.8 Å². The summed E-state index contributed by atoms with van der Waals surface area (Å²) in [6.07, 6.45) is 3.00. The van der Waals surface area contributed by atoms with Crippen molar-refractivity contribution in [3.63, 3.8) is 0 Å². The van der Waals surface area contributed by atoms with Gasteiger partial charge in [0.1, 0.15) is 16.9 Å². The number of benzene rings is 1. The van der Waals surface area contributed by atoms with Gasteiger partial charge in [0.05, 0.1) is 30.3 Å². The summed E-state index contributed by atoms with van der Waals surface area (Å²) in [5.74, 6) is 0.186. The Hall–Kier alpha value is -2.67.